The molecule has 0 aliphatic heterocycles. The van der Waals surface area contributed by atoms with Gasteiger partial charge >= 0.3 is 5.69 Å². The molecule has 0 unspecified atom stereocenters. The van der Waals surface area contributed by atoms with E-state index in [4.69, 9.17) is 0 Å². The molecule has 0 spiro atoms. The standard InChI is InChI=1S/C25H27F2N7O2/c1-3-13-33-24(35)34(31-30-33)21-10-7-19(8-11-21)6-4-5-18(2)25(36,15-32-17-28-16-29-32)22-12-9-20(26)14-23(22)27/h4,6-12,14,16-18,36H,3,5,13,15H2,1-2H3/b6-4+/t18-,25+/m0/s1. The van der Waals surface area contributed by atoms with Crippen LogP contribution in [-0.4, -0.2) is 39.7 Å². The third-order valence-electron chi connectivity index (χ3n) is 6.09. The number of rotatable bonds is 10. The highest BCUT2D eigenvalue weighted by Crippen LogP contribution is 2.35. The van der Waals surface area contributed by atoms with Crippen LogP contribution in [0.5, 0.6) is 0 Å². The molecule has 188 valence electrons. The van der Waals surface area contributed by atoms with Crippen molar-refractivity contribution < 1.29 is 13.9 Å². The molecule has 2 heterocycles. The van der Waals surface area contributed by atoms with Crippen molar-refractivity contribution in [2.75, 3.05) is 0 Å². The van der Waals surface area contributed by atoms with E-state index in [9.17, 15) is 18.7 Å². The number of aliphatic hydroxyl groups is 1. The summed E-state index contributed by atoms with van der Waals surface area (Å²) < 4.78 is 32.2. The summed E-state index contributed by atoms with van der Waals surface area (Å²) in [5.74, 6) is -2.00. The Kier molecular flexibility index (Phi) is 7.49. The zero-order valence-corrected chi connectivity index (χ0v) is 20.0. The van der Waals surface area contributed by atoms with Crippen LogP contribution in [0.4, 0.5) is 8.78 Å². The zero-order chi connectivity index (χ0) is 25.7. The van der Waals surface area contributed by atoms with Crippen LogP contribution in [0, 0.1) is 17.6 Å². The second-order valence-corrected chi connectivity index (χ2v) is 8.67. The lowest BCUT2D eigenvalue weighted by molar-refractivity contribution is -0.0379. The lowest BCUT2D eigenvalue weighted by Crippen LogP contribution is -2.39. The average Bonchev–Trinajstić information content (AvgIpc) is 3.49. The molecule has 2 aromatic heterocycles. The van der Waals surface area contributed by atoms with Crippen LogP contribution in [0.3, 0.4) is 0 Å². The highest BCUT2D eigenvalue weighted by atomic mass is 19.1. The van der Waals surface area contributed by atoms with E-state index in [1.54, 1.807) is 19.1 Å². The van der Waals surface area contributed by atoms with E-state index in [1.165, 1.54) is 32.8 Å². The molecule has 0 aliphatic carbocycles. The zero-order valence-electron chi connectivity index (χ0n) is 20.0. The predicted molar refractivity (Wildman–Crippen MR) is 129 cm³/mol. The third-order valence-corrected chi connectivity index (χ3v) is 6.09. The van der Waals surface area contributed by atoms with Gasteiger partial charge in [-0.25, -0.2) is 23.2 Å². The Balaban J connectivity index is 1.50. The minimum Gasteiger partial charge on any atom is -0.383 e. The number of aryl methyl sites for hydroxylation is 1. The number of allylic oxidation sites excluding steroid dienone is 1. The van der Waals surface area contributed by atoms with Crippen molar-refractivity contribution in [2.24, 2.45) is 5.92 Å². The van der Waals surface area contributed by atoms with Gasteiger partial charge < -0.3 is 5.11 Å². The summed E-state index contributed by atoms with van der Waals surface area (Å²) in [7, 11) is 0. The van der Waals surface area contributed by atoms with Gasteiger partial charge in [0.05, 0.1) is 12.2 Å². The molecule has 4 aromatic rings. The van der Waals surface area contributed by atoms with Gasteiger partial charge in [0.2, 0.25) is 0 Å². The van der Waals surface area contributed by atoms with E-state index in [0.717, 1.165) is 24.1 Å². The smallest absolute Gasteiger partial charge is 0.368 e. The summed E-state index contributed by atoms with van der Waals surface area (Å²) in [6.07, 6.45) is 7.68. The molecule has 0 radical (unpaired) electrons. The topological polar surface area (TPSA) is 104 Å². The first kappa shape index (κ1) is 25.1. The Bertz CT molecular complexity index is 1380. The van der Waals surface area contributed by atoms with Crippen molar-refractivity contribution in [2.45, 2.75) is 45.4 Å². The monoisotopic (exact) mass is 495 g/mol. The molecule has 0 saturated heterocycles. The number of tetrazole rings is 1. The van der Waals surface area contributed by atoms with Crippen molar-refractivity contribution in [3.63, 3.8) is 0 Å². The summed E-state index contributed by atoms with van der Waals surface area (Å²) >= 11 is 0. The van der Waals surface area contributed by atoms with Crippen LogP contribution in [0.1, 0.15) is 37.8 Å². The highest BCUT2D eigenvalue weighted by Gasteiger charge is 2.38. The van der Waals surface area contributed by atoms with Gasteiger partial charge in [0.1, 0.15) is 29.9 Å². The average molecular weight is 496 g/mol. The lowest BCUT2D eigenvalue weighted by atomic mass is 9.80. The van der Waals surface area contributed by atoms with Gasteiger partial charge in [-0.15, -0.1) is 0 Å². The van der Waals surface area contributed by atoms with Crippen molar-refractivity contribution in [1.29, 1.82) is 0 Å². The van der Waals surface area contributed by atoms with Crippen LogP contribution in [0.2, 0.25) is 0 Å². The van der Waals surface area contributed by atoms with Crippen LogP contribution < -0.4 is 5.69 Å². The number of aromatic nitrogens is 7. The quantitative estimate of drug-likeness (QED) is 0.362. The lowest BCUT2D eigenvalue weighted by Gasteiger charge is -2.34. The number of benzene rings is 2. The molecule has 0 amide bonds. The van der Waals surface area contributed by atoms with Crippen LogP contribution in [-0.2, 0) is 18.7 Å². The molecule has 9 nitrogen and oxygen atoms in total. The van der Waals surface area contributed by atoms with E-state index in [1.807, 2.05) is 31.2 Å². The Morgan fingerprint density at radius 1 is 1.14 bits per heavy atom. The Labute approximate surface area is 206 Å². The van der Waals surface area contributed by atoms with E-state index < -0.39 is 23.2 Å². The second kappa shape index (κ2) is 10.7. The highest BCUT2D eigenvalue weighted by molar-refractivity contribution is 5.51. The van der Waals surface area contributed by atoms with Crippen molar-refractivity contribution in [3.05, 3.63) is 94.4 Å². The van der Waals surface area contributed by atoms with Crippen LogP contribution in [0.25, 0.3) is 11.8 Å². The summed E-state index contributed by atoms with van der Waals surface area (Å²) in [4.78, 5) is 16.2. The van der Waals surface area contributed by atoms with Gasteiger partial charge in [0.25, 0.3) is 0 Å². The van der Waals surface area contributed by atoms with E-state index in [0.29, 0.717) is 18.7 Å². The van der Waals surface area contributed by atoms with Crippen LogP contribution >= 0.6 is 0 Å². The minimum absolute atomic E-state index is 0.00813. The first-order valence-electron chi connectivity index (χ1n) is 11.6. The Morgan fingerprint density at radius 2 is 1.92 bits per heavy atom. The van der Waals surface area contributed by atoms with Gasteiger partial charge in [-0.2, -0.15) is 14.5 Å². The van der Waals surface area contributed by atoms with Gasteiger partial charge in [-0.1, -0.05) is 44.2 Å². The molecule has 0 bridgehead atoms. The fourth-order valence-corrected chi connectivity index (χ4v) is 4.03. The van der Waals surface area contributed by atoms with Crippen LogP contribution in [0.15, 0.2) is 66.0 Å². The largest absolute Gasteiger partial charge is 0.383 e. The molecule has 0 aliphatic rings. The molecule has 2 atom stereocenters. The first-order valence-corrected chi connectivity index (χ1v) is 11.6. The maximum absolute atomic E-state index is 14.7. The Morgan fingerprint density at radius 3 is 2.58 bits per heavy atom. The summed E-state index contributed by atoms with van der Waals surface area (Å²) in [5, 5.41) is 23.4. The summed E-state index contributed by atoms with van der Waals surface area (Å²) in [5.41, 5.74) is -0.500. The normalized spacial score (nSPS) is 14.2. The first-order chi connectivity index (χ1) is 17.3. The predicted octanol–water partition coefficient (Wildman–Crippen LogP) is 3.34. The summed E-state index contributed by atoms with van der Waals surface area (Å²) in [6.45, 7) is 4.20. The molecule has 11 heteroatoms. The molecule has 2 aromatic carbocycles. The minimum atomic E-state index is -1.66. The van der Waals surface area contributed by atoms with E-state index >= 15 is 0 Å². The van der Waals surface area contributed by atoms with Gasteiger partial charge in [0.15, 0.2) is 0 Å². The molecular weight excluding hydrogens is 468 g/mol. The van der Waals surface area contributed by atoms with E-state index in [-0.39, 0.29) is 17.8 Å². The number of hydrogen-bond acceptors (Lipinski definition) is 6. The maximum Gasteiger partial charge on any atom is 0.368 e. The maximum atomic E-state index is 14.7. The van der Waals surface area contributed by atoms with E-state index in [2.05, 4.69) is 20.5 Å². The number of halogens is 2. The van der Waals surface area contributed by atoms with Crippen molar-refractivity contribution in [1.82, 2.24) is 34.6 Å². The molecule has 4 rings (SSSR count). The fourth-order valence-electron chi connectivity index (χ4n) is 4.03. The molecule has 36 heavy (non-hydrogen) atoms. The third kappa shape index (κ3) is 5.30. The molecule has 1 N–H and O–H groups in total. The number of nitrogens with zero attached hydrogens (tertiary/aromatic N) is 7. The fraction of sp³-hybridized carbons (Fsp3) is 0.320. The van der Waals surface area contributed by atoms with Gasteiger partial charge in [-0.05, 0) is 52.9 Å². The number of hydrogen-bond donors (Lipinski definition) is 1. The second-order valence-electron chi connectivity index (χ2n) is 8.67. The van der Waals surface area contributed by atoms with Gasteiger partial charge in [0, 0.05) is 18.2 Å². The van der Waals surface area contributed by atoms with Crippen molar-refractivity contribution in [3.8, 4) is 5.69 Å². The van der Waals surface area contributed by atoms with Crippen molar-refractivity contribution >= 4 is 6.08 Å². The molecule has 0 fully saturated rings. The van der Waals surface area contributed by atoms with Gasteiger partial charge in [-0.3, -0.25) is 0 Å². The Hall–Kier alpha value is -3.99. The molecule has 0 saturated carbocycles. The SMILES string of the molecule is CCCn1nnn(-c2ccc(/C=C/C[C@H](C)[C@](O)(Cn3cncn3)c3ccc(F)cc3F)cc2)c1=O. The summed E-state index contributed by atoms with van der Waals surface area (Å²) in [6, 6.07) is 10.4. The molecular formula is C25H27F2N7O2.